The van der Waals surface area contributed by atoms with Crippen molar-refractivity contribution in [1.82, 2.24) is 5.32 Å². The molecule has 1 rings (SSSR count). The number of alkyl halides is 2. The van der Waals surface area contributed by atoms with Gasteiger partial charge in [-0.05, 0) is 31.2 Å². The van der Waals surface area contributed by atoms with Crippen LogP contribution in [-0.4, -0.2) is 40.8 Å². The summed E-state index contributed by atoms with van der Waals surface area (Å²) in [5, 5.41) is 20.1. The summed E-state index contributed by atoms with van der Waals surface area (Å²) in [5.74, 6) is -2.25. The van der Waals surface area contributed by atoms with E-state index in [1.165, 1.54) is 19.1 Å². The summed E-state index contributed by atoms with van der Waals surface area (Å²) in [6, 6.07) is 3.25. The van der Waals surface area contributed by atoms with Crippen LogP contribution in [0.3, 0.4) is 0 Å². The lowest BCUT2D eigenvalue weighted by atomic mass is 10.1. The zero-order valence-corrected chi connectivity index (χ0v) is 10.4. The topological polar surface area (TPSA) is 95.9 Å². The Labute approximate surface area is 113 Å². The Balaban J connectivity index is 2.74. The van der Waals surface area contributed by atoms with Gasteiger partial charge in [0.25, 0.3) is 5.91 Å². The third-order valence-corrected chi connectivity index (χ3v) is 2.38. The predicted molar refractivity (Wildman–Crippen MR) is 63.6 cm³/mol. The lowest BCUT2D eigenvalue weighted by molar-refractivity contribution is -0.141. The molecule has 3 N–H and O–H groups in total. The van der Waals surface area contributed by atoms with Gasteiger partial charge in [-0.3, -0.25) is 4.79 Å². The molecule has 0 heterocycles. The number of rotatable bonds is 6. The van der Waals surface area contributed by atoms with Crippen molar-refractivity contribution in [3.63, 3.8) is 0 Å². The van der Waals surface area contributed by atoms with Crippen LogP contribution < -0.4 is 10.1 Å². The van der Waals surface area contributed by atoms with Gasteiger partial charge >= 0.3 is 12.6 Å². The van der Waals surface area contributed by atoms with Crippen LogP contribution in [0.4, 0.5) is 8.78 Å². The number of ether oxygens (including phenoxy) is 1. The summed E-state index contributed by atoms with van der Waals surface area (Å²) >= 11 is 0. The quantitative estimate of drug-likeness (QED) is 0.721. The number of benzene rings is 1. The average molecular weight is 289 g/mol. The second-order valence-electron chi connectivity index (χ2n) is 3.93. The molecule has 0 bridgehead atoms. The highest BCUT2D eigenvalue weighted by Crippen LogP contribution is 2.15. The van der Waals surface area contributed by atoms with Crippen molar-refractivity contribution in [2.24, 2.45) is 0 Å². The van der Waals surface area contributed by atoms with Crippen LogP contribution in [0, 0.1) is 0 Å². The molecule has 1 aromatic carbocycles. The molecule has 0 saturated carbocycles. The second kappa shape index (κ2) is 6.80. The van der Waals surface area contributed by atoms with E-state index in [0.29, 0.717) is 0 Å². The van der Waals surface area contributed by atoms with E-state index >= 15 is 0 Å². The fourth-order valence-electron chi connectivity index (χ4n) is 1.40. The van der Waals surface area contributed by atoms with Crippen LogP contribution in [0.15, 0.2) is 24.3 Å². The number of carboxylic acids is 1. The SMILES string of the molecule is CC(O)C(NC(=O)c1ccc(OC(F)F)cc1)C(=O)O. The van der Waals surface area contributed by atoms with E-state index in [1.807, 2.05) is 0 Å². The molecule has 0 aliphatic heterocycles. The molecule has 8 heteroatoms. The summed E-state index contributed by atoms with van der Waals surface area (Å²) in [6.45, 7) is -1.75. The largest absolute Gasteiger partial charge is 0.480 e. The predicted octanol–water partition coefficient (Wildman–Crippen LogP) is 0.852. The Morgan fingerprint density at radius 1 is 1.25 bits per heavy atom. The Morgan fingerprint density at radius 2 is 1.80 bits per heavy atom. The number of halogens is 2. The van der Waals surface area contributed by atoms with Gasteiger partial charge in [-0.25, -0.2) is 4.79 Å². The summed E-state index contributed by atoms with van der Waals surface area (Å²) < 4.78 is 28.0. The van der Waals surface area contributed by atoms with Gasteiger partial charge in [0.2, 0.25) is 0 Å². The number of carbonyl (C=O) groups excluding carboxylic acids is 1. The van der Waals surface area contributed by atoms with E-state index in [9.17, 15) is 23.5 Å². The minimum Gasteiger partial charge on any atom is -0.480 e. The Kier molecular flexibility index (Phi) is 5.39. The second-order valence-corrected chi connectivity index (χ2v) is 3.93. The van der Waals surface area contributed by atoms with Crippen LogP contribution in [0.25, 0.3) is 0 Å². The molecule has 0 spiro atoms. The molecule has 1 aromatic rings. The minimum absolute atomic E-state index is 0.0542. The van der Waals surface area contributed by atoms with E-state index in [-0.39, 0.29) is 11.3 Å². The Bertz CT molecular complexity index is 475. The van der Waals surface area contributed by atoms with E-state index in [0.717, 1.165) is 12.1 Å². The number of aliphatic carboxylic acids is 1. The highest BCUT2D eigenvalue weighted by Gasteiger charge is 2.25. The summed E-state index contributed by atoms with van der Waals surface area (Å²) in [7, 11) is 0. The van der Waals surface area contributed by atoms with Crippen LogP contribution >= 0.6 is 0 Å². The van der Waals surface area contributed by atoms with Gasteiger partial charge < -0.3 is 20.3 Å². The lowest BCUT2D eigenvalue weighted by Crippen LogP contribution is -2.47. The third-order valence-electron chi connectivity index (χ3n) is 2.38. The number of carboxylic acid groups (broad SMARTS) is 1. The first-order valence-corrected chi connectivity index (χ1v) is 5.58. The van der Waals surface area contributed by atoms with Crippen molar-refractivity contribution in [2.45, 2.75) is 25.7 Å². The number of amides is 1. The number of carbonyl (C=O) groups is 2. The number of hydrogen-bond donors (Lipinski definition) is 3. The van der Waals surface area contributed by atoms with Crippen molar-refractivity contribution < 1.29 is 33.3 Å². The minimum atomic E-state index is -2.97. The number of nitrogens with one attached hydrogen (secondary N) is 1. The molecule has 2 atom stereocenters. The molecule has 6 nitrogen and oxygen atoms in total. The zero-order valence-electron chi connectivity index (χ0n) is 10.4. The maximum absolute atomic E-state index is 11.9. The zero-order chi connectivity index (χ0) is 15.3. The molecule has 110 valence electrons. The molecule has 2 unspecified atom stereocenters. The molecule has 0 aliphatic rings. The molecular weight excluding hydrogens is 276 g/mol. The first-order valence-electron chi connectivity index (χ1n) is 5.58. The van der Waals surface area contributed by atoms with Crippen molar-refractivity contribution in [1.29, 1.82) is 0 Å². The van der Waals surface area contributed by atoms with Gasteiger partial charge in [0.15, 0.2) is 6.04 Å². The van der Waals surface area contributed by atoms with E-state index < -0.39 is 30.6 Å². The van der Waals surface area contributed by atoms with Gasteiger partial charge in [0, 0.05) is 5.56 Å². The van der Waals surface area contributed by atoms with Gasteiger partial charge in [-0.15, -0.1) is 0 Å². The summed E-state index contributed by atoms with van der Waals surface area (Å²) in [4.78, 5) is 22.5. The standard InChI is InChI=1S/C12H13F2NO5/c1-6(16)9(11(18)19)15-10(17)7-2-4-8(5-3-7)20-12(13)14/h2-6,9,12,16H,1H3,(H,15,17)(H,18,19). The molecule has 1 amide bonds. The number of aliphatic hydroxyl groups excluding tert-OH is 1. The summed E-state index contributed by atoms with van der Waals surface area (Å²) in [5.41, 5.74) is 0.0542. The third kappa shape index (κ3) is 4.47. The van der Waals surface area contributed by atoms with Crippen molar-refractivity contribution in [2.75, 3.05) is 0 Å². The molecule has 0 radical (unpaired) electrons. The smallest absolute Gasteiger partial charge is 0.387 e. The average Bonchev–Trinajstić information content (AvgIpc) is 2.35. The van der Waals surface area contributed by atoms with Crippen LogP contribution in [0.5, 0.6) is 5.75 Å². The van der Waals surface area contributed by atoms with Crippen molar-refractivity contribution >= 4 is 11.9 Å². The van der Waals surface area contributed by atoms with Crippen LogP contribution in [-0.2, 0) is 4.79 Å². The maximum atomic E-state index is 11.9. The Morgan fingerprint density at radius 3 is 2.20 bits per heavy atom. The molecule has 0 saturated heterocycles. The molecule has 0 aromatic heterocycles. The van der Waals surface area contributed by atoms with Gasteiger partial charge in [-0.1, -0.05) is 0 Å². The van der Waals surface area contributed by atoms with Crippen LogP contribution in [0.1, 0.15) is 17.3 Å². The first-order chi connectivity index (χ1) is 9.31. The van der Waals surface area contributed by atoms with Gasteiger partial charge in [0.1, 0.15) is 5.75 Å². The number of aliphatic hydroxyl groups is 1. The number of hydrogen-bond acceptors (Lipinski definition) is 4. The highest BCUT2D eigenvalue weighted by atomic mass is 19.3. The Hall–Kier alpha value is -2.22. The normalized spacial score (nSPS) is 13.7. The fraction of sp³-hybridized carbons (Fsp3) is 0.333. The lowest BCUT2D eigenvalue weighted by Gasteiger charge is -2.17. The van der Waals surface area contributed by atoms with Crippen molar-refractivity contribution in [3.05, 3.63) is 29.8 Å². The summed E-state index contributed by atoms with van der Waals surface area (Å²) in [6.07, 6.45) is -1.28. The van der Waals surface area contributed by atoms with E-state index in [4.69, 9.17) is 5.11 Å². The molecule has 20 heavy (non-hydrogen) atoms. The van der Waals surface area contributed by atoms with Gasteiger partial charge in [0.05, 0.1) is 6.10 Å². The molecule has 0 aliphatic carbocycles. The monoisotopic (exact) mass is 289 g/mol. The first kappa shape index (κ1) is 15.8. The maximum Gasteiger partial charge on any atom is 0.387 e. The van der Waals surface area contributed by atoms with Gasteiger partial charge in [-0.2, -0.15) is 8.78 Å². The van der Waals surface area contributed by atoms with Crippen molar-refractivity contribution in [3.8, 4) is 5.75 Å². The molecule has 0 fully saturated rings. The van der Waals surface area contributed by atoms with E-state index in [2.05, 4.69) is 10.1 Å². The fourth-order valence-corrected chi connectivity index (χ4v) is 1.40. The highest BCUT2D eigenvalue weighted by molar-refractivity contribution is 5.96. The molecular formula is C12H13F2NO5. The van der Waals surface area contributed by atoms with E-state index in [1.54, 1.807) is 0 Å². The van der Waals surface area contributed by atoms with Crippen LogP contribution in [0.2, 0.25) is 0 Å².